The van der Waals surface area contributed by atoms with E-state index in [1.807, 2.05) is 0 Å². The van der Waals surface area contributed by atoms with Gasteiger partial charge < -0.3 is 10.3 Å². The predicted octanol–water partition coefficient (Wildman–Crippen LogP) is 4.51. The number of nitrogens with one attached hydrogen (secondary N) is 3. The minimum atomic E-state index is -5.01. The van der Waals surface area contributed by atoms with Crippen LogP contribution in [-0.4, -0.2) is 35.7 Å². The van der Waals surface area contributed by atoms with E-state index in [-0.39, 0.29) is 34.5 Å². The largest absolute Gasteiger partial charge is 0.369 e. The van der Waals surface area contributed by atoms with Crippen LogP contribution in [0.4, 0.5) is 33.5 Å². The summed E-state index contributed by atoms with van der Waals surface area (Å²) in [7, 11) is -5.01. The van der Waals surface area contributed by atoms with Gasteiger partial charge in [0.2, 0.25) is 5.78 Å². The van der Waals surface area contributed by atoms with Crippen LogP contribution in [0.25, 0.3) is 11.0 Å². The zero-order chi connectivity index (χ0) is 26.5. The molecule has 14 heteroatoms. The lowest BCUT2D eigenvalue weighted by Gasteiger charge is -2.13. The van der Waals surface area contributed by atoms with E-state index < -0.39 is 61.0 Å². The lowest BCUT2D eigenvalue weighted by molar-refractivity contribution is 0.103. The van der Waals surface area contributed by atoms with E-state index in [1.54, 1.807) is 4.72 Å². The lowest BCUT2D eigenvalue weighted by Crippen LogP contribution is -2.18. The summed E-state index contributed by atoms with van der Waals surface area (Å²) in [5.74, 6) is -8.27. The van der Waals surface area contributed by atoms with Gasteiger partial charge in [0.05, 0.1) is 22.2 Å². The number of carbonyl (C=O) groups excluding carboxylic acids is 1. The second kappa shape index (κ2) is 9.10. The second-order valence-corrected chi connectivity index (χ2v) is 10.0. The Bertz CT molecular complexity index is 1670. The maximum atomic E-state index is 15.4. The number of sulfonamides is 1. The first-order valence-corrected chi connectivity index (χ1v) is 12.3. The molecule has 2 aromatic carbocycles. The van der Waals surface area contributed by atoms with Gasteiger partial charge in [-0.25, -0.2) is 40.3 Å². The number of rotatable bonds is 8. The van der Waals surface area contributed by atoms with Gasteiger partial charge in [-0.1, -0.05) is 0 Å². The highest BCUT2D eigenvalue weighted by Gasteiger charge is 2.29. The number of aromatic amines is 1. The summed E-state index contributed by atoms with van der Waals surface area (Å²) in [6, 6.07) is 1.38. The number of aromatic nitrogens is 3. The number of hydrogen-bond donors (Lipinski definition) is 3. The Morgan fingerprint density at radius 1 is 1.00 bits per heavy atom. The molecular weight excluding hydrogens is 521 g/mol. The van der Waals surface area contributed by atoms with Crippen molar-refractivity contribution in [2.24, 2.45) is 5.92 Å². The molecule has 3 N–H and O–H groups in total. The Hall–Kier alpha value is -4.07. The maximum Gasteiger partial charge on any atom is 0.265 e. The zero-order valence-corrected chi connectivity index (χ0v) is 19.4. The molecule has 0 spiro atoms. The van der Waals surface area contributed by atoms with E-state index in [2.05, 4.69) is 20.3 Å². The number of halogens is 5. The van der Waals surface area contributed by atoms with Crippen LogP contribution >= 0.6 is 0 Å². The van der Waals surface area contributed by atoms with Gasteiger partial charge in [-0.2, -0.15) is 0 Å². The van der Waals surface area contributed by atoms with Crippen molar-refractivity contribution in [3.63, 3.8) is 0 Å². The molecule has 1 saturated carbocycles. The zero-order valence-electron chi connectivity index (χ0n) is 18.6. The van der Waals surface area contributed by atoms with Gasteiger partial charge in [-0.05, 0) is 30.9 Å². The molecule has 1 aliphatic carbocycles. The number of anilines is 2. The monoisotopic (exact) mass is 537 g/mol. The molecule has 37 heavy (non-hydrogen) atoms. The van der Waals surface area contributed by atoms with E-state index >= 15 is 4.39 Å². The molecule has 2 heterocycles. The van der Waals surface area contributed by atoms with E-state index in [9.17, 15) is 30.8 Å². The molecule has 5 rings (SSSR count). The van der Waals surface area contributed by atoms with E-state index in [4.69, 9.17) is 0 Å². The number of H-pyrrole nitrogens is 1. The van der Waals surface area contributed by atoms with Gasteiger partial charge in [-0.3, -0.25) is 9.52 Å². The SMILES string of the molecule is O=C(c1c(F)ccc(NS(=O)(=O)c2cc(F)c(F)cc2F)c1F)c1c[nH]c2ncnc(NCC3CC3)c12. The Morgan fingerprint density at radius 3 is 2.46 bits per heavy atom. The molecule has 192 valence electrons. The van der Waals surface area contributed by atoms with Crippen LogP contribution < -0.4 is 10.0 Å². The summed E-state index contributed by atoms with van der Waals surface area (Å²) in [5.41, 5.74) is -1.98. The molecule has 0 aliphatic heterocycles. The molecular formula is C23H16F5N5O3S. The quantitative estimate of drug-likeness (QED) is 0.173. The van der Waals surface area contributed by atoms with Crippen molar-refractivity contribution in [1.29, 1.82) is 0 Å². The first kappa shape index (κ1) is 24.6. The fourth-order valence-electron chi connectivity index (χ4n) is 3.72. The smallest absolute Gasteiger partial charge is 0.265 e. The molecule has 0 saturated heterocycles. The molecule has 2 aromatic heterocycles. The molecule has 1 fully saturated rings. The van der Waals surface area contributed by atoms with Crippen molar-refractivity contribution in [1.82, 2.24) is 15.0 Å². The van der Waals surface area contributed by atoms with Gasteiger partial charge in [0.1, 0.15) is 34.3 Å². The summed E-state index contributed by atoms with van der Waals surface area (Å²) in [5, 5.41) is 3.27. The number of benzene rings is 2. The van der Waals surface area contributed by atoms with E-state index in [1.165, 1.54) is 12.5 Å². The summed E-state index contributed by atoms with van der Waals surface area (Å²) in [6.07, 6.45) is 4.51. The third-order valence-corrected chi connectivity index (χ3v) is 7.18. The second-order valence-electron chi connectivity index (χ2n) is 8.39. The molecule has 0 atom stereocenters. The fraction of sp³-hybridized carbons (Fsp3) is 0.174. The summed E-state index contributed by atoms with van der Waals surface area (Å²) >= 11 is 0. The number of carbonyl (C=O) groups is 1. The van der Waals surface area contributed by atoms with Crippen molar-refractivity contribution >= 4 is 38.3 Å². The Kier molecular flexibility index (Phi) is 6.06. The van der Waals surface area contributed by atoms with Gasteiger partial charge in [0.15, 0.2) is 17.5 Å². The minimum absolute atomic E-state index is 0.00774. The number of fused-ring (bicyclic) bond motifs is 1. The Labute approximate surface area is 206 Å². The van der Waals surface area contributed by atoms with Crippen LogP contribution in [0.1, 0.15) is 28.8 Å². The van der Waals surface area contributed by atoms with Gasteiger partial charge >= 0.3 is 0 Å². The number of hydrogen-bond acceptors (Lipinski definition) is 6. The summed E-state index contributed by atoms with van der Waals surface area (Å²) in [4.78, 5) is 22.8. The highest BCUT2D eigenvalue weighted by Crippen LogP contribution is 2.33. The first-order valence-electron chi connectivity index (χ1n) is 10.8. The van der Waals surface area contributed by atoms with Crippen LogP contribution in [0.3, 0.4) is 0 Å². The third kappa shape index (κ3) is 4.59. The Morgan fingerprint density at radius 2 is 1.73 bits per heavy atom. The molecule has 4 aromatic rings. The van der Waals surface area contributed by atoms with Gasteiger partial charge in [-0.15, -0.1) is 0 Å². The van der Waals surface area contributed by atoms with Crippen LogP contribution in [0.5, 0.6) is 0 Å². The Balaban J connectivity index is 1.53. The molecule has 1 aliphatic rings. The summed E-state index contributed by atoms with van der Waals surface area (Å²) < 4.78 is 97.6. The number of nitrogens with zero attached hydrogens (tertiary/aromatic N) is 2. The topological polar surface area (TPSA) is 117 Å². The van der Waals surface area contributed by atoms with Crippen molar-refractivity contribution < 1.29 is 35.2 Å². The van der Waals surface area contributed by atoms with Crippen molar-refractivity contribution in [2.75, 3.05) is 16.6 Å². The van der Waals surface area contributed by atoms with Crippen LogP contribution in [0.2, 0.25) is 0 Å². The number of ketones is 1. The fourth-order valence-corrected chi connectivity index (χ4v) is 4.85. The highest BCUT2D eigenvalue weighted by molar-refractivity contribution is 7.92. The van der Waals surface area contributed by atoms with Crippen molar-refractivity contribution in [3.05, 3.63) is 77.0 Å². The normalized spacial score (nSPS) is 13.6. The van der Waals surface area contributed by atoms with Crippen molar-refractivity contribution in [2.45, 2.75) is 17.7 Å². The van der Waals surface area contributed by atoms with Crippen LogP contribution in [0, 0.1) is 35.0 Å². The molecule has 0 radical (unpaired) electrons. The molecule has 8 nitrogen and oxygen atoms in total. The highest BCUT2D eigenvalue weighted by atomic mass is 32.2. The summed E-state index contributed by atoms with van der Waals surface area (Å²) in [6.45, 7) is 0.575. The van der Waals surface area contributed by atoms with E-state index in [0.717, 1.165) is 12.8 Å². The van der Waals surface area contributed by atoms with E-state index in [0.29, 0.717) is 24.6 Å². The standard InChI is InChI=1S/C23H16F5N5O3S/c24-12-3-4-16(33-37(35,36)17-6-14(26)13(25)5-15(17)27)20(28)19(12)21(34)11-8-30-23-18(11)22(31-9-32-23)29-7-10-1-2-10/h3-6,8-10,33H,1-2,7H2,(H2,29,30,31,32). The average Bonchev–Trinajstić information content (AvgIpc) is 3.57. The van der Waals surface area contributed by atoms with Crippen LogP contribution in [0.15, 0.2) is 41.7 Å². The first-order chi connectivity index (χ1) is 17.6. The predicted molar refractivity (Wildman–Crippen MR) is 122 cm³/mol. The third-order valence-electron chi connectivity index (χ3n) is 5.80. The molecule has 0 bridgehead atoms. The maximum absolute atomic E-state index is 15.4. The van der Waals surface area contributed by atoms with Crippen LogP contribution in [-0.2, 0) is 10.0 Å². The van der Waals surface area contributed by atoms with Gasteiger partial charge in [0.25, 0.3) is 10.0 Å². The van der Waals surface area contributed by atoms with Crippen molar-refractivity contribution in [3.8, 4) is 0 Å². The minimum Gasteiger partial charge on any atom is -0.369 e. The average molecular weight is 537 g/mol. The van der Waals surface area contributed by atoms with Gasteiger partial charge in [0, 0.05) is 24.9 Å². The lowest BCUT2D eigenvalue weighted by atomic mass is 10.0. The molecule has 0 unspecified atom stereocenters. The molecule has 0 amide bonds.